The molecule has 5 aromatic rings. The SMILES string of the molecule is [C-]#[N+]c1ccc(-c2ccn3nc(-c4cncc(C)c4)nc(NCc4ccccn4)c23)cc1. The molecule has 1 aromatic carbocycles. The van der Waals surface area contributed by atoms with E-state index in [1.165, 1.54) is 0 Å². The van der Waals surface area contributed by atoms with Crippen LogP contribution in [0.25, 0.3) is 32.9 Å². The van der Waals surface area contributed by atoms with E-state index in [1.54, 1.807) is 12.4 Å². The second-order valence-corrected chi connectivity index (χ2v) is 7.39. The summed E-state index contributed by atoms with van der Waals surface area (Å²) >= 11 is 0. The molecule has 0 bridgehead atoms. The molecular weight excluding hydrogens is 398 g/mol. The van der Waals surface area contributed by atoms with Gasteiger partial charge in [-0.2, -0.15) is 0 Å². The highest BCUT2D eigenvalue weighted by Gasteiger charge is 2.15. The molecule has 0 aliphatic carbocycles. The Bertz CT molecular complexity index is 1430. The molecule has 5 rings (SSSR count). The lowest BCUT2D eigenvalue weighted by molar-refractivity contribution is 0.905. The third-order valence-corrected chi connectivity index (χ3v) is 5.11. The van der Waals surface area contributed by atoms with Crippen molar-refractivity contribution in [2.75, 3.05) is 5.32 Å². The van der Waals surface area contributed by atoms with Gasteiger partial charge in [0, 0.05) is 35.9 Å². The third kappa shape index (κ3) is 3.77. The van der Waals surface area contributed by atoms with Gasteiger partial charge in [0.05, 0.1) is 18.8 Å². The van der Waals surface area contributed by atoms with Crippen molar-refractivity contribution < 1.29 is 0 Å². The van der Waals surface area contributed by atoms with Crippen LogP contribution >= 0.6 is 0 Å². The standard InChI is InChI=1S/C25H19N7/c1-17-13-19(15-27-14-17)24-30-25(29-16-21-5-3-4-11-28-21)23-22(10-12-32(23)31-24)18-6-8-20(26-2)9-7-18/h3-15H,16H2,1H3,(H,29,30,31). The second kappa shape index (κ2) is 8.28. The van der Waals surface area contributed by atoms with E-state index in [-0.39, 0.29) is 0 Å². The van der Waals surface area contributed by atoms with Crippen molar-refractivity contribution in [1.29, 1.82) is 0 Å². The highest BCUT2D eigenvalue weighted by atomic mass is 15.3. The zero-order valence-electron chi connectivity index (χ0n) is 17.4. The molecule has 0 atom stereocenters. The van der Waals surface area contributed by atoms with Crippen molar-refractivity contribution in [2.24, 2.45) is 0 Å². The Labute approximate surface area is 185 Å². The monoisotopic (exact) mass is 417 g/mol. The Balaban J connectivity index is 1.64. The molecule has 0 saturated heterocycles. The average molecular weight is 417 g/mol. The first-order chi connectivity index (χ1) is 15.7. The van der Waals surface area contributed by atoms with Crippen LogP contribution in [0.3, 0.4) is 0 Å². The Kier molecular flexibility index (Phi) is 5.02. The maximum absolute atomic E-state index is 7.19. The van der Waals surface area contributed by atoms with Gasteiger partial charge >= 0.3 is 0 Å². The fourth-order valence-corrected chi connectivity index (χ4v) is 3.57. The minimum Gasteiger partial charge on any atom is -0.363 e. The van der Waals surface area contributed by atoms with Gasteiger partial charge in [0.25, 0.3) is 0 Å². The highest BCUT2D eigenvalue weighted by molar-refractivity contribution is 5.89. The van der Waals surface area contributed by atoms with Gasteiger partial charge in [-0.25, -0.2) is 14.3 Å². The van der Waals surface area contributed by atoms with Crippen LogP contribution in [0.2, 0.25) is 0 Å². The molecule has 0 radical (unpaired) electrons. The van der Waals surface area contributed by atoms with E-state index < -0.39 is 0 Å². The number of aryl methyl sites for hydroxylation is 1. The largest absolute Gasteiger partial charge is 0.363 e. The number of nitrogens with zero attached hydrogens (tertiary/aromatic N) is 6. The molecule has 0 fully saturated rings. The highest BCUT2D eigenvalue weighted by Crippen LogP contribution is 2.32. The minimum atomic E-state index is 0.528. The van der Waals surface area contributed by atoms with Gasteiger partial charge in [0.2, 0.25) is 0 Å². The summed E-state index contributed by atoms with van der Waals surface area (Å²) < 4.78 is 1.84. The summed E-state index contributed by atoms with van der Waals surface area (Å²) in [5, 5.41) is 8.19. The van der Waals surface area contributed by atoms with Gasteiger partial charge in [-0.3, -0.25) is 9.97 Å². The Morgan fingerprint density at radius 1 is 1.03 bits per heavy atom. The van der Waals surface area contributed by atoms with E-state index in [1.807, 2.05) is 78.4 Å². The van der Waals surface area contributed by atoms with Gasteiger partial charge in [-0.15, -0.1) is 5.10 Å². The molecule has 32 heavy (non-hydrogen) atoms. The van der Waals surface area contributed by atoms with Crippen LogP contribution in [0.5, 0.6) is 0 Å². The van der Waals surface area contributed by atoms with Gasteiger partial charge in [-0.1, -0.05) is 30.3 Å². The molecule has 0 aliphatic rings. The number of hydrogen-bond acceptors (Lipinski definition) is 5. The molecule has 7 nitrogen and oxygen atoms in total. The fourth-order valence-electron chi connectivity index (χ4n) is 3.57. The zero-order chi connectivity index (χ0) is 21.9. The van der Waals surface area contributed by atoms with Crippen molar-refractivity contribution in [2.45, 2.75) is 13.5 Å². The molecule has 154 valence electrons. The van der Waals surface area contributed by atoms with Gasteiger partial charge in [0.15, 0.2) is 17.3 Å². The molecule has 0 aliphatic heterocycles. The summed E-state index contributed by atoms with van der Waals surface area (Å²) in [4.78, 5) is 17.0. The smallest absolute Gasteiger partial charge is 0.187 e. The summed E-state index contributed by atoms with van der Waals surface area (Å²) in [6.45, 7) is 9.71. The lowest BCUT2D eigenvalue weighted by Gasteiger charge is -2.12. The maximum atomic E-state index is 7.19. The quantitative estimate of drug-likeness (QED) is 0.392. The van der Waals surface area contributed by atoms with Crippen molar-refractivity contribution in [1.82, 2.24) is 24.6 Å². The van der Waals surface area contributed by atoms with E-state index in [4.69, 9.17) is 16.7 Å². The zero-order valence-corrected chi connectivity index (χ0v) is 17.4. The number of aromatic nitrogens is 5. The first kappa shape index (κ1) is 19.4. The van der Waals surface area contributed by atoms with E-state index in [0.29, 0.717) is 23.9 Å². The van der Waals surface area contributed by atoms with Gasteiger partial charge in [-0.05, 0) is 42.3 Å². The van der Waals surface area contributed by atoms with Crippen molar-refractivity contribution in [3.63, 3.8) is 0 Å². The normalized spacial score (nSPS) is 10.8. The lowest BCUT2D eigenvalue weighted by Crippen LogP contribution is -2.08. The maximum Gasteiger partial charge on any atom is 0.187 e. The molecule has 0 spiro atoms. The van der Waals surface area contributed by atoms with Crippen LogP contribution in [-0.4, -0.2) is 24.6 Å². The second-order valence-electron chi connectivity index (χ2n) is 7.39. The number of anilines is 1. The fraction of sp³-hybridized carbons (Fsp3) is 0.0800. The van der Waals surface area contributed by atoms with Crippen LogP contribution in [0.4, 0.5) is 11.5 Å². The Hall–Kier alpha value is -4.57. The molecular formula is C25H19N7. The first-order valence-corrected chi connectivity index (χ1v) is 10.1. The molecule has 0 amide bonds. The summed E-state index contributed by atoms with van der Waals surface area (Å²) in [6.07, 6.45) is 7.28. The molecule has 0 unspecified atom stereocenters. The van der Waals surface area contributed by atoms with Crippen LogP contribution < -0.4 is 5.32 Å². The predicted octanol–water partition coefficient (Wildman–Crippen LogP) is 5.32. The molecule has 4 aromatic heterocycles. The summed E-state index contributed by atoms with van der Waals surface area (Å²) in [7, 11) is 0. The van der Waals surface area contributed by atoms with Crippen LogP contribution in [0.1, 0.15) is 11.3 Å². The minimum absolute atomic E-state index is 0.528. The summed E-state index contributed by atoms with van der Waals surface area (Å²) in [5.41, 5.74) is 6.26. The Morgan fingerprint density at radius 3 is 2.66 bits per heavy atom. The number of nitrogens with one attached hydrogen (secondary N) is 1. The topological polar surface area (TPSA) is 72.4 Å². The van der Waals surface area contributed by atoms with Gasteiger partial charge in [0.1, 0.15) is 5.52 Å². The number of hydrogen-bond donors (Lipinski definition) is 1. The molecule has 4 heterocycles. The number of benzene rings is 1. The van der Waals surface area contributed by atoms with Crippen molar-refractivity contribution >= 4 is 17.0 Å². The van der Waals surface area contributed by atoms with Crippen LogP contribution in [0.15, 0.2) is 79.4 Å². The lowest BCUT2D eigenvalue weighted by atomic mass is 10.1. The van der Waals surface area contributed by atoms with Crippen molar-refractivity contribution in [3.8, 4) is 22.5 Å². The third-order valence-electron chi connectivity index (χ3n) is 5.11. The average Bonchev–Trinajstić information content (AvgIpc) is 3.27. The van der Waals surface area contributed by atoms with Crippen LogP contribution in [0, 0.1) is 13.5 Å². The summed E-state index contributed by atoms with van der Waals surface area (Å²) in [5.74, 6) is 1.29. The van der Waals surface area contributed by atoms with Crippen molar-refractivity contribution in [3.05, 3.63) is 102 Å². The van der Waals surface area contributed by atoms with E-state index in [0.717, 1.165) is 33.5 Å². The van der Waals surface area contributed by atoms with E-state index in [9.17, 15) is 0 Å². The van der Waals surface area contributed by atoms with Crippen LogP contribution in [-0.2, 0) is 6.54 Å². The molecule has 0 saturated carbocycles. The predicted molar refractivity (Wildman–Crippen MR) is 124 cm³/mol. The molecule has 7 heteroatoms. The number of fused-ring (bicyclic) bond motifs is 1. The Morgan fingerprint density at radius 2 is 1.91 bits per heavy atom. The molecule has 1 N–H and O–H groups in total. The number of pyridine rings is 2. The summed E-state index contributed by atoms with van der Waals surface area (Å²) in [6, 6.07) is 17.4. The first-order valence-electron chi connectivity index (χ1n) is 10.1. The van der Waals surface area contributed by atoms with Gasteiger partial charge < -0.3 is 5.32 Å². The van der Waals surface area contributed by atoms with E-state index >= 15 is 0 Å². The van der Waals surface area contributed by atoms with E-state index in [2.05, 4.69) is 20.1 Å². The number of rotatable bonds is 5.